The summed E-state index contributed by atoms with van der Waals surface area (Å²) in [6.45, 7) is 0. The van der Waals surface area contributed by atoms with E-state index in [0.717, 1.165) is 6.42 Å². The molecule has 0 heterocycles. The van der Waals surface area contributed by atoms with Gasteiger partial charge in [-0.25, -0.2) is 0 Å². The topological polar surface area (TPSA) is 63.6 Å². The van der Waals surface area contributed by atoms with Gasteiger partial charge in [0.25, 0.3) is 0 Å². The molecule has 0 aromatic carbocycles. The van der Waals surface area contributed by atoms with E-state index in [-0.39, 0.29) is 22.7 Å². The molecule has 0 radical (unpaired) electrons. The summed E-state index contributed by atoms with van der Waals surface area (Å²) < 4.78 is 5.68. The molecule has 2 bridgehead atoms. The van der Waals surface area contributed by atoms with Gasteiger partial charge in [-0.3, -0.25) is 9.59 Å². The molecular weight excluding hydrogens is 323 g/mol. The molecule has 5 heteroatoms. The van der Waals surface area contributed by atoms with E-state index in [1.165, 1.54) is 0 Å². The molecule has 3 atom stereocenters. The van der Waals surface area contributed by atoms with Gasteiger partial charge in [-0.1, -0.05) is 34.7 Å². The first-order valence-electron chi connectivity index (χ1n) is 5.23. The highest BCUT2D eigenvalue weighted by molar-refractivity contribution is 14.1. The van der Waals surface area contributed by atoms with E-state index in [0.29, 0.717) is 12.3 Å². The van der Waals surface area contributed by atoms with Crippen molar-refractivity contribution in [3.05, 3.63) is 12.2 Å². The summed E-state index contributed by atoms with van der Waals surface area (Å²) in [4.78, 5) is 22.3. The first-order chi connectivity index (χ1) is 7.55. The fraction of sp³-hybridized carbons (Fsp3) is 0.636. The predicted octanol–water partition coefficient (Wildman–Crippen LogP) is 1.77. The van der Waals surface area contributed by atoms with Crippen molar-refractivity contribution in [1.29, 1.82) is 0 Å². The van der Waals surface area contributed by atoms with Crippen LogP contribution in [0.1, 0.15) is 19.3 Å². The highest BCUT2D eigenvalue weighted by Gasteiger charge is 2.52. The van der Waals surface area contributed by atoms with Crippen LogP contribution in [-0.4, -0.2) is 27.1 Å². The van der Waals surface area contributed by atoms with Crippen LogP contribution in [0.5, 0.6) is 0 Å². The van der Waals surface area contributed by atoms with Crippen molar-refractivity contribution in [2.24, 2.45) is 11.8 Å². The van der Waals surface area contributed by atoms with E-state index < -0.39 is 11.6 Å². The van der Waals surface area contributed by atoms with Gasteiger partial charge in [-0.05, 0) is 18.8 Å². The van der Waals surface area contributed by atoms with Crippen LogP contribution in [0, 0.1) is 11.8 Å². The minimum atomic E-state index is -0.901. The van der Waals surface area contributed by atoms with Gasteiger partial charge in [0.2, 0.25) is 0 Å². The Morgan fingerprint density at radius 1 is 1.50 bits per heavy atom. The largest absolute Gasteiger partial charge is 0.481 e. The molecule has 1 N–H and O–H groups in total. The third kappa shape index (κ3) is 2.09. The first-order valence-corrected chi connectivity index (χ1v) is 6.76. The standard InChI is InChI=1S/C11H13IO4/c12-6-10(15)16-11(5-9(13)14)4-7-1-2-8(11)3-7/h1-2,7-8H,3-6H2,(H,13,14). The number of ether oxygens (including phenoxy) is 1. The average molecular weight is 336 g/mol. The lowest BCUT2D eigenvalue weighted by atomic mass is 9.85. The van der Waals surface area contributed by atoms with Crippen LogP contribution in [0.25, 0.3) is 0 Å². The van der Waals surface area contributed by atoms with Crippen molar-refractivity contribution in [3.63, 3.8) is 0 Å². The van der Waals surface area contributed by atoms with Gasteiger partial charge in [0.1, 0.15) is 5.60 Å². The zero-order valence-electron chi connectivity index (χ0n) is 8.69. The molecule has 2 aliphatic carbocycles. The van der Waals surface area contributed by atoms with Crippen LogP contribution in [0.2, 0.25) is 0 Å². The Morgan fingerprint density at radius 2 is 2.25 bits per heavy atom. The molecule has 3 unspecified atom stereocenters. The minimum Gasteiger partial charge on any atom is -0.481 e. The van der Waals surface area contributed by atoms with E-state index in [9.17, 15) is 9.59 Å². The average Bonchev–Trinajstić information content (AvgIpc) is 2.76. The predicted molar refractivity (Wildman–Crippen MR) is 65.3 cm³/mol. The lowest BCUT2D eigenvalue weighted by Crippen LogP contribution is -2.41. The number of carboxylic acid groups (broad SMARTS) is 1. The quantitative estimate of drug-likeness (QED) is 0.368. The van der Waals surface area contributed by atoms with Gasteiger partial charge in [0, 0.05) is 5.92 Å². The Kier molecular flexibility index (Phi) is 3.23. The number of carbonyl (C=O) groups is 2. The maximum atomic E-state index is 11.4. The molecule has 4 nitrogen and oxygen atoms in total. The van der Waals surface area contributed by atoms with Crippen molar-refractivity contribution in [3.8, 4) is 0 Å². The van der Waals surface area contributed by atoms with Crippen LogP contribution in [0.4, 0.5) is 0 Å². The summed E-state index contributed by atoms with van der Waals surface area (Å²) in [5.74, 6) is -0.753. The molecule has 1 fully saturated rings. The van der Waals surface area contributed by atoms with Crippen molar-refractivity contribution >= 4 is 34.5 Å². The summed E-state index contributed by atoms with van der Waals surface area (Å²) in [7, 11) is 0. The molecule has 0 spiro atoms. The fourth-order valence-corrected chi connectivity index (χ4v) is 2.93. The molecular formula is C11H13IO4. The second-order valence-electron chi connectivity index (χ2n) is 4.43. The van der Waals surface area contributed by atoms with Crippen molar-refractivity contribution in [2.45, 2.75) is 24.9 Å². The minimum absolute atomic E-state index is 0.0825. The SMILES string of the molecule is O=C(O)CC1(OC(=O)CI)CC2C=CC1C2. The third-order valence-electron chi connectivity index (χ3n) is 3.33. The van der Waals surface area contributed by atoms with Crippen LogP contribution < -0.4 is 0 Å². The number of halogens is 1. The van der Waals surface area contributed by atoms with Crippen molar-refractivity contribution in [2.75, 3.05) is 4.43 Å². The van der Waals surface area contributed by atoms with E-state index >= 15 is 0 Å². The number of carboxylic acids is 1. The van der Waals surface area contributed by atoms with Crippen LogP contribution in [0.15, 0.2) is 12.2 Å². The number of hydrogen-bond acceptors (Lipinski definition) is 3. The molecule has 1 saturated carbocycles. The fourth-order valence-electron chi connectivity index (χ4n) is 2.78. The van der Waals surface area contributed by atoms with Crippen LogP contribution in [-0.2, 0) is 14.3 Å². The number of hydrogen-bond donors (Lipinski definition) is 1. The Morgan fingerprint density at radius 3 is 2.69 bits per heavy atom. The van der Waals surface area contributed by atoms with Gasteiger partial charge in [-0.2, -0.15) is 0 Å². The Hall–Kier alpha value is -0.590. The summed E-state index contributed by atoms with van der Waals surface area (Å²) >= 11 is 1.93. The lowest BCUT2D eigenvalue weighted by Gasteiger charge is -2.33. The monoisotopic (exact) mass is 336 g/mol. The number of alkyl halides is 1. The van der Waals surface area contributed by atoms with Gasteiger partial charge >= 0.3 is 11.9 Å². The van der Waals surface area contributed by atoms with Gasteiger partial charge in [0.05, 0.1) is 10.8 Å². The molecule has 2 rings (SSSR count). The smallest absolute Gasteiger partial charge is 0.316 e. The molecule has 16 heavy (non-hydrogen) atoms. The summed E-state index contributed by atoms with van der Waals surface area (Å²) in [6.07, 6.45) is 5.59. The van der Waals surface area contributed by atoms with E-state index in [1.54, 1.807) is 0 Å². The normalized spacial score (nSPS) is 35.3. The molecule has 0 aromatic rings. The van der Waals surface area contributed by atoms with Gasteiger partial charge in [-0.15, -0.1) is 0 Å². The first kappa shape index (κ1) is 11.9. The number of rotatable bonds is 4. The highest BCUT2D eigenvalue weighted by atomic mass is 127. The van der Waals surface area contributed by atoms with Crippen LogP contribution >= 0.6 is 22.6 Å². The number of carbonyl (C=O) groups excluding carboxylic acids is 1. The third-order valence-corrected chi connectivity index (χ3v) is 3.96. The maximum absolute atomic E-state index is 11.4. The molecule has 0 amide bonds. The molecule has 2 aliphatic rings. The molecule has 0 aromatic heterocycles. The van der Waals surface area contributed by atoms with E-state index in [1.807, 2.05) is 28.7 Å². The maximum Gasteiger partial charge on any atom is 0.316 e. The van der Waals surface area contributed by atoms with Crippen LogP contribution in [0.3, 0.4) is 0 Å². The summed E-state index contributed by atoms with van der Waals surface area (Å²) in [5.41, 5.74) is -0.784. The summed E-state index contributed by atoms with van der Waals surface area (Å²) in [6, 6.07) is 0. The Balaban J connectivity index is 2.17. The number of fused-ring (bicyclic) bond motifs is 2. The van der Waals surface area contributed by atoms with Gasteiger partial charge < -0.3 is 9.84 Å². The number of allylic oxidation sites excluding steroid dienone is 1. The highest BCUT2D eigenvalue weighted by Crippen LogP contribution is 2.50. The zero-order valence-corrected chi connectivity index (χ0v) is 10.8. The molecule has 0 saturated heterocycles. The van der Waals surface area contributed by atoms with E-state index in [2.05, 4.69) is 6.08 Å². The number of aliphatic carboxylic acids is 1. The lowest BCUT2D eigenvalue weighted by molar-refractivity contribution is -0.165. The van der Waals surface area contributed by atoms with Gasteiger partial charge in [0.15, 0.2) is 0 Å². The number of esters is 1. The van der Waals surface area contributed by atoms with Crippen molar-refractivity contribution < 1.29 is 19.4 Å². The Bertz CT molecular complexity index is 352. The Labute approximate surface area is 107 Å². The second-order valence-corrected chi connectivity index (χ2v) is 5.20. The summed E-state index contributed by atoms with van der Waals surface area (Å²) in [5, 5.41) is 8.94. The van der Waals surface area contributed by atoms with E-state index in [4.69, 9.17) is 9.84 Å². The van der Waals surface area contributed by atoms with Crippen molar-refractivity contribution in [1.82, 2.24) is 0 Å². The zero-order chi connectivity index (χ0) is 11.8. The molecule has 0 aliphatic heterocycles. The molecule has 88 valence electrons. The second kappa shape index (κ2) is 4.35.